The van der Waals surface area contributed by atoms with Gasteiger partial charge in [0, 0.05) is 50.3 Å². The van der Waals surface area contributed by atoms with Crippen molar-refractivity contribution in [3.05, 3.63) is 59.2 Å². The van der Waals surface area contributed by atoms with Gasteiger partial charge in [-0.15, -0.1) is 0 Å². The summed E-state index contributed by atoms with van der Waals surface area (Å²) >= 11 is 0. The Morgan fingerprint density at radius 2 is 1.15 bits per heavy atom. The third-order valence-corrected chi connectivity index (χ3v) is 9.07. The van der Waals surface area contributed by atoms with Crippen LogP contribution >= 0.6 is 0 Å². The maximum absolute atomic E-state index is 11.8. The largest absolute Gasteiger partial charge is 0.478 e. The number of ether oxygens (including phenoxy) is 3. The van der Waals surface area contributed by atoms with Crippen molar-refractivity contribution in [1.82, 2.24) is 19.1 Å². The molecule has 2 aromatic carbocycles. The zero-order chi connectivity index (χ0) is 33.9. The van der Waals surface area contributed by atoms with Crippen LogP contribution in [0.25, 0.3) is 22.1 Å². The maximum Gasteiger partial charge on any atom is 0.337 e. The number of carbonyl (C=O) groups excluding carboxylic acids is 1. The number of carboxylic acid groups (broad SMARTS) is 1. The maximum atomic E-state index is 11.8. The van der Waals surface area contributed by atoms with E-state index in [1.807, 2.05) is 24.3 Å². The number of carboxylic acids is 1. The Bertz CT molecular complexity index is 1710. The van der Waals surface area contributed by atoms with Crippen molar-refractivity contribution >= 4 is 34.0 Å². The predicted octanol–water partition coefficient (Wildman–Crippen LogP) is 7.01. The van der Waals surface area contributed by atoms with Crippen LogP contribution in [0.3, 0.4) is 0 Å². The molecule has 0 amide bonds. The second-order valence-corrected chi connectivity index (χ2v) is 14.9. The van der Waals surface area contributed by atoms with E-state index in [9.17, 15) is 14.7 Å². The molecule has 10 heteroatoms. The van der Waals surface area contributed by atoms with Gasteiger partial charge in [0.25, 0.3) is 0 Å². The van der Waals surface area contributed by atoms with E-state index in [0.717, 1.165) is 98.9 Å². The molecule has 2 fully saturated rings. The molecule has 2 aliphatic heterocycles. The minimum atomic E-state index is -0.914. The van der Waals surface area contributed by atoms with Crippen molar-refractivity contribution in [2.45, 2.75) is 91.1 Å². The second-order valence-electron chi connectivity index (χ2n) is 14.9. The van der Waals surface area contributed by atoms with Gasteiger partial charge < -0.3 is 28.5 Å². The third-order valence-electron chi connectivity index (χ3n) is 9.07. The van der Waals surface area contributed by atoms with Crippen LogP contribution in [-0.4, -0.2) is 69.7 Å². The Morgan fingerprint density at radius 3 is 1.53 bits per heavy atom. The van der Waals surface area contributed by atoms with Gasteiger partial charge in [0.1, 0.15) is 11.6 Å². The van der Waals surface area contributed by atoms with E-state index in [1.54, 1.807) is 12.1 Å². The number of rotatable bonds is 6. The molecular formula is C37H50N4O6. The molecule has 47 heavy (non-hydrogen) atoms. The highest BCUT2D eigenvalue weighted by Gasteiger charge is 2.27. The smallest absolute Gasteiger partial charge is 0.337 e. The van der Waals surface area contributed by atoms with Crippen LogP contribution in [0.15, 0.2) is 36.4 Å². The zero-order valence-corrected chi connectivity index (χ0v) is 29.0. The Kier molecular flexibility index (Phi) is 10.4. The van der Waals surface area contributed by atoms with Crippen LogP contribution in [0.2, 0.25) is 0 Å². The highest BCUT2D eigenvalue weighted by Crippen LogP contribution is 2.31. The first-order chi connectivity index (χ1) is 22.3. The normalized spacial score (nSPS) is 16.7. The summed E-state index contributed by atoms with van der Waals surface area (Å²) in [5.74, 6) is 2.03. The Balaban J connectivity index is 0.000000185. The number of carbonyl (C=O) groups is 2. The van der Waals surface area contributed by atoms with Crippen molar-refractivity contribution < 1.29 is 28.9 Å². The van der Waals surface area contributed by atoms with E-state index >= 15 is 0 Å². The van der Waals surface area contributed by atoms with Gasteiger partial charge in [-0.1, -0.05) is 41.5 Å². The Labute approximate surface area is 277 Å². The van der Waals surface area contributed by atoms with Crippen molar-refractivity contribution in [3.8, 4) is 0 Å². The minimum Gasteiger partial charge on any atom is -0.478 e. The fourth-order valence-electron chi connectivity index (χ4n) is 6.53. The molecule has 0 saturated carbocycles. The number of benzene rings is 2. The standard InChI is InChI=1S/C19H26N2O3.C18H24N2O3/c1-19(2,3)18-20-15-11-14(17(22)23-4)5-6-16(15)21(18)12-13-7-9-24-10-8-13;1-18(2,3)17-19-14-10-13(16(21)22)4-5-15(14)20(17)11-12-6-8-23-9-7-12/h5-6,11,13H,7-10,12H2,1-4H3;4-5,10,12H,6-9,11H2,1-3H3,(H,21,22). The van der Waals surface area contributed by atoms with Crippen LogP contribution in [0, 0.1) is 11.8 Å². The summed E-state index contributed by atoms with van der Waals surface area (Å²) in [5.41, 5.74) is 4.40. The molecule has 0 radical (unpaired) electrons. The predicted molar refractivity (Wildman–Crippen MR) is 182 cm³/mol. The van der Waals surface area contributed by atoms with E-state index in [1.165, 1.54) is 7.11 Å². The van der Waals surface area contributed by atoms with Crippen LogP contribution < -0.4 is 0 Å². The topological polar surface area (TPSA) is 118 Å². The molecule has 2 aromatic heterocycles. The van der Waals surface area contributed by atoms with Crippen molar-refractivity contribution in [1.29, 1.82) is 0 Å². The van der Waals surface area contributed by atoms with Crippen LogP contribution in [0.5, 0.6) is 0 Å². The van der Waals surface area contributed by atoms with E-state index in [0.29, 0.717) is 17.4 Å². The molecule has 1 N–H and O–H groups in total. The first-order valence-corrected chi connectivity index (χ1v) is 16.7. The second kappa shape index (κ2) is 14.2. The van der Waals surface area contributed by atoms with Gasteiger partial charge in [0.15, 0.2) is 0 Å². The molecule has 4 aromatic rings. The van der Waals surface area contributed by atoms with Gasteiger partial charge in [0.2, 0.25) is 0 Å². The average Bonchev–Trinajstić information content (AvgIpc) is 3.60. The monoisotopic (exact) mass is 646 g/mol. The summed E-state index contributed by atoms with van der Waals surface area (Å²) in [6, 6.07) is 10.9. The lowest BCUT2D eigenvalue weighted by molar-refractivity contribution is 0.0598. The Morgan fingerprint density at radius 1 is 0.745 bits per heavy atom. The summed E-state index contributed by atoms with van der Waals surface area (Å²) < 4.78 is 20.4. The quantitative estimate of drug-likeness (QED) is 0.223. The molecule has 10 nitrogen and oxygen atoms in total. The summed E-state index contributed by atoms with van der Waals surface area (Å²) in [4.78, 5) is 32.6. The number of aromatic nitrogens is 4. The highest BCUT2D eigenvalue weighted by molar-refractivity contribution is 5.94. The summed E-state index contributed by atoms with van der Waals surface area (Å²) in [5, 5.41) is 9.19. The number of nitrogens with zero attached hydrogens (tertiary/aromatic N) is 4. The number of hydrogen-bond acceptors (Lipinski definition) is 7. The molecule has 2 aliphatic rings. The number of methoxy groups -OCH3 is 1. The van der Waals surface area contributed by atoms with Crippen LogP contribution in [0.4, 0.5) is 0 Å². The highest BCUT2D eigenvalue weighted by atomic mass is 16.5. The SMILES string of the molecule is CC(C)(C)c1nc2cc(C(=O)O)ccc2n1CC1CCOCC1.COC(=O)c1ccc2c(c1)nc(C(C)(C)C)n2CC1CCOCC1. The van der Waals surface area contributed by atoms with E-state index in [2.05, 4.69) is 50.7 Å². The average molecular weight is 647 g/mol. The fourth-order valence-corrected chi connectivity index (χ4v) is 6.53. The Hall–Kier alpha value is -3.76. The van der Waals surface area contributed by atoms with Crippen LogP contribution in [0.1, 0.15) is 99.6 Å². The molecule has 2 saturated heterocycles. The molecular weight excluding hydrogens is 596 g/mol. The van der Waals surface area contributed by atoms with Crippen LogP contribution in [-0.2, 0) is 38.1 Å². The lowest BCUT2D eigenvalue weighted by Crippen LogP contribution is -2.25. The number of esters is 1. The van der Waals surface area contributed by atoms with Crippen molar-refractivity contribution in [2.24, 2.45) is 11.8 Å². The number of fused-ring (bicyclic) bond motifs is 2. The zero-order valence-electron chi connectivity index (χ0n) is 29.0. The van der Waals surface area contributed by atoms with Gasteiger partial charge in [-0.25, -0.2) is 19.6 Å². The summed E-state index contributed by atoms with van der Waals surface area (Å²) in [6.45, 7) is 18.2. The van der Waals surface area contributed by atoms with E-state index in [-0.39, 0.29) is 22.4 Å². The lowest BCUT2D eigenvalue weighted by atomic mass is 9.94. The van der Waals surface area contributed by atoms with E-state index < -0.39 is 5.97 Å². The third kappa shape index (κ3) is 8.04. The fraction of sp³-hybridized carbons (Fsp3) is 0.568. The molecule has 6 rings (SSSR count). The molecule has 0 bridgehead atoms. The first-order valence-electron chi connectivity index (χ1n) is 16.7. The number of hydrogen-bond donors (Lipinski definition) is 1. The summed E-state index contributed by atoms with van der Waals surface area (Å²) in [7, 11) is 1.40. The van der Waals surface area contributed by atoms with Gasteiger partial charge in [-0.3, -0.25) is 0 Å². The molecule has 0 unspecified atom stereocenters. The van der Waals surface area contributed by atoms with Crippen molar-refractivity contribution in [3.63, 3.8) is 0 Å². The first kappa shape index (κ1) is 34.6. The molecule has 0 spiro atoms. The number of aromatic carboxylic acids is 1. The molecule has 4 heterocycles. The van der Waals surface area contributed by atoms with Gasteiger partial charge in [0.05, 0.1) is 40.3 Å². The summed E-state index contributed by atoms with van der Waals surface area (Å²) in [6.07, 6.45) is 4.31. The number of imidazole rings is 2. The van der Waals surface area contributed by atoms with Gasteiger partial charge in [-0.05, 0) is 73.9 Å². The van der Waals surface area contributed by atoms with Gasteiger partial charge in [-0.2, -0.15) is 0 Å². The lowest BCUT2D eigenvalue weighted by Gasteiger charge is -2.26. The molecule has 0 atom stereocenters. The van der Waals surface area contributed by atoms with E-state index in [4.69, 9.17) is 24.2 Å². The molecule has 0 aliphatic carbocycles. The van der Waals surface area contributed by atoms with Crippen molar-refractivity contribution in [2.75, 3.05) is 33.5 Å². The minimum absolute atomic E-state index is 0.0599. The van der Waals surface area contributed by atoms with Gasteiger partial charge >= 0.3 is 11.9 Å². The molecule has 254 valence electrons.